The molecule has 0 heterocycles. The average Bonchev–Trinajstić information content (AvgIpc) is 2.53. The topological polar surface area (TPSA) is 66.4 Å². The van der Waals surface area contributed by atoms with Crippen molar-refractivity contribution in [1.29, 1.82) is 0 Å². The number of thioether (sulfide) groups is 1. The lowest BCUT2D eigenvalue weighted by Gasteiger charge is -2.10. The normalized spacial score (nSPS) is 10.7. The lowest BCUT2D eigenvalue weighted by molar-refractivity contribution is -0.131. The Morgan fingerprint density at radius 1 is 1.09 bits per heavy atom. The molecule has 0 aliphatic heterocycles. The maximum absolute atomic E-state index is 11.7. The van der Waals surface area contributed by atoms with Crippen molar-refractivity contribution in [1.82, 2.24) is 0 Å². The Labute approximate surface area is 143 Å². The molecule has 0 fully saturated rings. The smallest absolute Gasteiger partial charge is 0.328 e. The highest BCUT2D eigenvalue weighted by Crippen LogP contribution is 2.31. The lowest BCUT2D eigenvalue weighted by Crippen LogP contribution is -2.09. The molecule has 1 amide bonds. The van der Waals surface area contributed by atoms with E-state index in [0.717, 1.165) is 22.6 Å². The van der Waals surface area contributed by atoms with Gasteiger partial charge >= 0.3 is 5.97 Å². The number of anilines is 1. The fourth-order valence-corrected chi connectivity index (χ4v) is 3.08. The molecule has 6 heteroatoms. The molecule has 4 nitrogen and oxygen atoms in total. The van der Waals surface area contributed by atoms with Crippen molar-refractivity contribution < 1.29 is 14.7 Å². The number of carbonyl (C=O) groups excluding carboxylic acids is 1. The number of carboxylic acids is 1. The molecule has 0 unspecified atom stereocenters. The summed E-state index contributed by atoms with van der Waals surface area (Å²) < 4.78 is 0. The van der Waals surface area contributed by atoms with Gasteiger partial charge in [-0.1, -0.05) is 41.9 Å². The third kappa shape index (κ3) is 5.47. The van der Waals surface area contributed by atoms with Crippen LogP contribution in [-0.2, 0) is 15.3 Å². The molecule has 2 N–H and O–H groups in total. The fourth-order valence-electron chi connectivity index (χ4n) is 1.79. The van der Waals surface area contributed by atoms with E-state index in [1.807, 2.05) is 36.4 Å². The molecule has 0 bridgehead atoms. The van der Waals surface area contributed by atoms with E-state index in [1.54, 1.807) is 23.9 Å². The van der Waals surface area contributed by atoms with Gasteiger partial charge in [-0.2, -0.15) is 0 Å². The van der Waals surface area contributed by atoms with Crippen molar-refractivity contribution in [3.8, 4) is 0 Å². The quantitative estimate of drug-likeness (QED) is 0.606. The highest BCUT2D eigenvalue weighted by molar-refractivity contribution is 7.98. The SMILES string of the molecule is O=C(O)/C=C/C(=O)Nc1ccccc1SCc1ccccc1Cl. The van der Waals surface area contributed by atoms with Crippen LogP contribution in [0, 0.1) is 0 Å². The molecular weight excluding hydrogens is 334 g/mol. The second-order valence-electron chi connectivity index (χ2n) is 4.54. The number of carboxylic acid groups (broad SMARTS) is 1. The fraction of sp³-hybridized carbons (Fsp3) is 0.0588. The number of halogens is 1. The number of hydrogen-bond acceptors (Lipinski definition) is 3. The molecule has 0 aliphatic rings. The van der Waals surface area contributed by atoms with Crippen LogP contribution in [0.4, 0.5) is 5.69 Å². The minimum Gasteiger partial charge on any atom is -0.478 e. The molecule has 0 saturated heterocycles. The van der Waals surface area contributed by atoms with Gasteiger partial charge < -0.3 is 10.4 Å². The Bertz CT molecular complexity index is 746. The van der Waals surface area contributed by atoms with E-state index >= 15 is 0 Å². The predicted molar refractivity (Wildman–Crippen MR) is 92.9 cm³/mol. The van der Waals surface area contributed by atoms with Crippen molar-refractivity contribution in [2.45, 2.75) is 10.6 Å². The Hall–Kier alpha value is -2.24. The van der Waals surface area contributed by atoms with Crippen LogP contribution in [0.25, 0.3) is 0 Å². The van der Waals surface area contributed by atoms with Gasteiger partial charge in [-0.05, 0) is 23.8 Å². The molecule has 0 atom stereocenters. The first-order chi connectivity index (χ1) is 11.1. The van der Waals surface area contributed by atoms with E-state index in [1.165, 1.54) is 0 Å². The first kappa shape index (κ1) is 17.1. The van der Waals surface area contributed by atoms with Crippen LogP contribution < -0.4 is 5.32 Å². The number of hydrogen-bond donors (Lipinski definition) is 2. The van der Waals surface area contributed by atoms with E-state index in [4.69, 9.17) is 16.7 Å². The third-order valence-electron chi connectivity index (χ3n) is 2.86. The van der Waals surface area contributed by atoms with Crippen molar-refractivity contribution in [3.63, 3.8) is 0 Å². The van der Waals surface area contributed by atoms with Crippen molar-refractivity contribution in [3.05, 3.63) is 71.3 Å². The molecule has 2 rings (SSSR count). The zero-order chi connectivity index (χ0) is 16.7. The van der Waals surface area contributed by atoms with Crippen LogP contribution in [-0.4, -0.2) is 17.0 Å². The van der Waals surface area contributed by atoms with Gasteiger partial charge in [0.25, 0.3) is 0 Å². The monoisotopic (exact) mass is 347 g/mol. The molecule has 23 heavy (non-hydrogen) atoms. The van der Waals surface area contributed by atoms with Crippen molar-refractivity contribution in [2.24, 2.45) is 0 Å². The van der Waals surface area contributed by atoms with E-state index in [0.29, 0.717) is 16.5 Å². The summed E-state index contributed by atoms with van der Waals surface area (Å²) in [5, 5.41) is 11.9. The molecule has 2 aromatic carbocycles. The van der Waals surface area contributed by atoms with Gasteiger partial charge in [-0.3, -0.25) is 4.79 Å². The number of para-hydroxylation sites is 1. The molecular formula is C17H14ClNO3S. The molecule has 0 aliphatic carbocycles. The standard InChI is InChI=1S/C17H14ClNO3S/c18-13-6-2-1-5-12(13)11-23-15-8-4-3-7-14(15)19-16(20)9-10-17(21)22/h1-10H,11H2,(H,19,20)(H,21,22)/b10-9+. The zero-order valence-corrected chi connectivity index (χ0v) is 13.6. The molecule has 0 saturated carbocycles. The van der Waals surface area contributed by atoms with Gasteiger partial charge in [-0.25, -0.2) is 4.79 Å². The van der Waals surface area contributed by atoms with Crippen LogP contribution in [0.2, 0.25) is 5.02 Å². The number of benzene rings is 2. The minimum atomic E-state index is -1.17. The largest absolute Gasteiger partial charge is 0.478 e. The van der Waals surface area contributed by atoms with Crippen molar-refractivity contribution in [2.75, 3.05) is 5.32 Å². The number of amides is 1. The number of rotatable bonds is 6. The predicted octanol–water partition coefficient (Wildman–Crippen LogP) is 4.21. The summed E-state index contributed by atoms with van der Waals surface area (Å²) in [6.07, 6.45) is 1.78. The second-order valence-corrected chi connectivity index (χ2v) is 5.96. The van der Waals surface area contributed by atoms with E-state index in [-0.39, 0.29) is 0 Å². The Kier molecular flexibility index (Phi) is 6.26. The first-order valence-corrected chi connectivity index (χ1v) is 8.10. The number of aliphatic carboxylic acids is 1. The van der Waals surface area contributed by atoms with Gasteiger partial charge in [0.05, 0.1) is 5.69 Å². The number of carbonyl (C=O) groups is 2. The zero-order valence-electron chi connectivity index (χ0n) is 12.0. The first-order valence-electron chi connectivity index (χ1n) is 6.73. The minimum absolute atomic E-state index is 0.488. The van der Waals surface area contributed by atoms with Crippen LogP contribution >= 0.6 is 23.4 Å². The molecule has 118 valence electrons. The summed E-state index contributed by atoms with van der Waals surface area (Å²) in [6.45, 7) is 0. The summed E-state index contributed by atoms with van der Waals surface area (Å²) >= 11 is 7.68. The maximum Gasteiger partial charge on any atom is 0.328 e. The lowest BCUT2D eigenvalue weighted by atomic mass is 10.2. The summed E-state index contributed by atoms with van der Waals surface area (Å²) in [7, 11) is 0. The van der Waals surface area contributed by atoms with Crippen LogP contribution in [0.3, 0.4) is 0 Å². The van der Waals surface area contributed by atoms with E-state index in [9.17, 15) is 9.59 Å². The summed E-state index contributed by atoms with van der Waals surface area (Å²) in [5.74, 6) is -0.989. The average molecular weight is 348 g/mol. The molecule has 0 radical (unpaired) electrons. The summed E-state index contributed by atoms with van der Waals surface area (Å²) in [4.78, 5) is 23.0. The molecule has 2 aromatic rings. The van der Waals surface area contributed by atoms with Crippen LogP contribution in [0.5, 0.6) is 0 Å². The van der Waals surface area contributed by atoms with E-state index < -0.39 is 11.9 Å². The molecule has 0 aromatic heterocycles. The van der Waals surface area contributed by atoms with Crippen LogP contribution in [0.15, 0.2) is 65.6 Å². The Morgan fingerprint density at radius 2 is 1.78 bits per heavy atom. The Morgan fingerprint density at radius 3 is 2.52 bits per heavy atom. The van der Waals surface area contributed by atoms with Gasteiger partial charge in [0.2, 0.25) is 5.91 Å². The summed E-state index contributed by atoms with van der Waals surface area (Å²) in [6, 6.07) is 14.9. The van der Waals surface area contributed by atoms with Crippen molar-refractivity contribution >= 4 is 40.9 Å². The second kappa shape index (κ2) is 8.41. The highest BCUT2D eigenvalue weighted by Gasteiger charge is 2.07. The third-order valence-corrected chi connectivity index (χ3v) is 4.35. The van der Waals surface area contributed by atoms with Gasteiger partial charge in [-0.15, -0.1) is 11.8 Å². The van der Waals surface area contributed by atoms with Gasteiger partial charge in [0, 0.05) is 27.8 Å². The molecule has 0 spiro atoms. The Balaban J connectivity index is 2.07. The number of nitrogens with one attached hydrogen (secondary N) is 1. The maximum atomic E-state index is 11.7. The highest BCUT2D eigenvalue weighted by atomic mass is 35.5. The van der Waals surface area contributed by atoms with Crippen LogP contribution in [0.1, 0.15) is 5.56 Å². The van der Waals surface area contributed by atoms with Gasteiger partial charge in [0.1, 0.15) is 0 Å². The van der Waals surface area contributed by atoms with E-state index in [2.05, 4.69) is 5.32 Å². The van der Waals surface area contributed by atoms with Gasteiger partial charge in [0.15, 0.2) is 0 Å². The summed E-state index contributed by atoms with van der Waals surface area (Å²) in [5.41, 5.74) is 1.63.